The second kappa shape index (κ2) is 9.75. The Labute approximate surface area is 162 Å². The lowest BCUT2D eigenvalue weighted by molar-refractivity contribution is -0.204. The highest BCUT2D eigenvalue weighted by Crippen LogP contribution is 2.35. The molecule has 2 rings (SSSR count). The average molecular weight is 396 g/mol. The zero-order valence-corrected chi connectivity index (χ0v) is 16.6. The molecule has 0 aromatic heterocycles. The number of carbonyl (C=O) groups excluding carboxylic acids is 3. The Morgan fingerprint density at radius 3 is 2.22 bits per heavy atom. The molecule has 7 nitrogen and oxygen atoms in total. The number of ether oxygens (including phenoxy) is 4. The maximum atomic E-state index is 11.5. The molecule has 1 saturated heterocycles. The van der Waals surface area contributed by atoms with Gasteiger partial charge >= 0.3 is 17.9 Å². The highest BCUT2D eigenvalue weighted by molar-refractivity contribution is 7.99. The highest BCUT2D eigenvalue weighted by Gasteiger charge is 2.43. The lowest BCUT2D eigenvalue weighted by atomic mass is 10.0. The van der Waals surface area contributed by atoms with Crippen molar-refractivity contribution in [2.24, 2.45) is 0 Å². The summed E-state index contributed by atoms with van der Waals surface area (Å²) in [6.07, 6.45) is -1.93. The number of thioether (sulfide) groups is 1. The molecule has 148 valence electrons. The van der Waals surface area contributed by atoms with Gasteiger partial charge in [0.1, 0.15) is 24.3 Å². The summed E-state index contributed by atoms with van der Waals surface area (Å²) >= 11 is 1.47. The third-order valence-corrected chi connectivity index (χ3v) is 4.95. The van der Waals surface area contributed by atoms with Gasteiger partial charge in [-0.05, 0) is 19.1 Å². The normalized spacial score (nSPS) is 24.7. The summed E-state index contributed by atoms with van der Waals surface area (Å²) in [6.45, 7) is 5.74. The Morgan fingerprint density at radius 2 is 1.67 bits per heavy atom. The van der Waals surface area contributed by atoms with Crippen molar-refractivity contribution >= 4 is 29.7 Å². The van der Waals surface area contributed by atoms with Gasteiger partial charge in [-0.1, -0.05) is 29.5 Å². The van der Waals surface area contributed by atoms with Crippen molar-refractivity contribution in [3.63, 3.8) is 0 Å². The minimum Gasteiger partial charge on any atom is -0.463 e. The van der Waals surface area contributed by atoms with Gasteiger partial charge in [0.2, 0.25) is 0 Å². The number of hydrogen-bond acceptors (Lipinski definition) is 8. The third-order valence-electron chi connectivity index (χ3n) is 3.84. The van der Waals surface area contributed by atoms with Crippen molar-refractivity contribution in [3.05, 3.63) is 29.8 Å². The summed E-state index contributed by atoms with van der Waals surface area (Å²) < 4.78 is 21.8. The molecule has 0 spiro atoms. The first-order valence-electron chi connectivity index (χ1n) is 8.61. The second-order valence-electron chi connectivity index (χ2n) is 6.30. The van der Waals surface area contributed by atoms with Crippen LogP contribution in [0.4, 0.5) is 0 Å². The summed E-state index contributed by atoms with van der Waals surface area (Å²) in [4.78, 5) is 35.2. The van der Waals surface area contributed by atoms with E-state index < -0.39 is 36.2 Å². The zero-order chi connectivity index (χ0) is 20.0. The third kappa shape index (κ3) is 6.88. The van der Waals surface area contributed by atoms with Crippen LogP contribution in [-0.2, 0) is 33.3 Å². The van der Waals surface area contributed by atoms with Gasteiger partial charge in [0.25, 0.3) is 0 Å². The van der Waals surface area contributed by atoms with Crippen LogP contribution >= 0.6 is 11.8 Å². The maximum absolute atomic E-state index is 11.5. The Kier molecular flexibility index (Phi) is 7.67. The summed E-state index contributed by atoms with van der Waals surface area (Å²) in [6, 6.07) is 7.94. The van der Waals surface area contributed by atoms with Crippen molar-refractivity contribution < 1.29 is 33.3 Å². The van der Waals surface area contributed by atoms with Crippen LogP contribution in [0.1, 0.15) is 32.8 Å². The first-order valence-corrected chi connectivity index (χ1v) is 9.49. The fourth-order valence-electron chi connectivity index (χ4n) is 2.74. The van der Waals surface area contributed by atoms with Gasteiger partial charge in [-0.3, -0.25) is 14.4 Å². The highest BCUT2D eigenvalue weighted by atomic mass is 32.2. The van der Waals surface area contributed by atoms with Crippen LogP contribution in [0.2, 0.25) is 0 Å². The van der Waals surface area contributed by atoms with E-state index in [4.69, 9.17) is 18.9 Å². The van der Waals surface area contributed by atoms with E-state index in [1.165, 1.54) is 32.5 Å². The standard InChI is InChI=1S/C19H24O7S/c1-11-5-7-15(8-6-11)27-18-9-16(24-13(3)21)19(25-14(4)22)17(26-18)10-23-12(2)20/h5-8,16-19H,9-10H2,1-4H3/t16-,17-,18?,19+/m1/s1. The predicted molar refractivity (Wildman–Crippen MR) is 98.1 cm³/mol. The minimum absolute atomic E-state index is 0.101. The van der Waals surface area contributed by atoms with Gasteiger partial charge in [0.15, 0.2) is 6.10 Å². The monoisotopic (exact) mass is 396 g/mol. The summed E-state index contributed by atoms with van der Waals surface area (Å²) in [5.74, 6) is -1.49. The molecule has 0 N–H and O–H groups in total. The van der Waals surface area contributed by atoms with E-state index in [1.807, 2.05) is 31.2 Å². The molecule has 1 aliphatic heterocycles. The van der Waals surface area contributed by atoms with Crippen LogP contribution in [0.3, 0.4) is 0 Å². The quantitative estimate of drug-likeness (QED) is 0.536. The smallest absolute Gasteiger partial charge is 0.303 e. The number of aryl methyl sites for hydroxylation is 1. The van der Waals surface area contributed by atoms with Gasteiger partial charge in [0, 0.05) is 32.1 Å². The van der Waals surface area contributed by atoms with E-state index in [0.717, 1.165) is 10.5 Å². The maximum Gasteiger partial charge on any atom is 0.303 e. The van der Waals surface area contributed by atoms with Crippen molar-refractivity contribution in [2.75, 3.05) is 6.61 Å². The Morgan fingerprint density at radius 1 is 1.04 bits per heavy atom. The van der Waals surface area contributed by atoms with E-state index in [2.05, 4.69) is 0 Å². The largest absolute Gasteiger partial charge is 0.463 e. The summed E-state index contributed by atoms with van der Waals surface area (Å²) in [5.41, 5.74) is 0.786. The average Bonchev–Trinajstić information content (AvgIpc) is 2.56. The second-order valence-corrected chi connectivity index (χ2v) is 7.53. The number of rotatable bonds is 6. The van der Waals surface area contributed by atoms with Crippen LogP contribution in [0.5, 0.6) is 0 Å². The molecule has 1 fully saturated rings. The Hall–Kier alpha value is -2.06. The molecule has 1 aliphatic rings. The Bertz CT molecular complexity index is 673. The number of benzene rings is 1. The minimum atomic E-state index is -0.847. The number of esters is 3. The van der Waals surface area contributed by atoms with Gasteiger partial charge in [0.05, 0.1) is 0 Å². The SMILES string of the molecule is CC(=O)OC[C@H]1OC(Sc2ccc(C)cc2)C[C@@H](OC(C)=O)[C@@H]1OC(C)=O. The van der Waals surface area contributed by atoms with Crippen LogP contribution in [0.15, 0.2) is 29.2 Å². The fourth-order valence-corrected chi connectivity index (χ4v) is 3.82. The van der Waals surface area contributed by atoms with Gasteiger partial charge in [-0.2, -0.15) is 0 Å². The van der Waals surface area contributed by atoms with E-state index in [-0.39, 0.29) is 12.0 Å². The molecule has 1 unspecified atom stereocenters. The summed E-state index contributed by atoms with van der Waals surface area (Å²) in [7, 11) is 0. The molecule has 4 atom stereocenters. The van der Waals surface area contributed by atoms with Crippen molar-refractivity contribution in [3.8, 4) is 0 Å². The van der Waals surface area contributed by atoms with E-state index in [1.54, 1.807) is 0 Å². The molecular weight excluding hydrogens is 372 g/mol. The van der Waals surface area contributed by atoms with Crippen LogP contribution < -0.4 is 0 Å². The molecule has 0 bridgehead atoms. The molecule has 0 radical (unpaired) electrons. The molecule has 1 heterocycles. The molecule has 0 amide bonds. The molecule has 1 aromatic rings. The van der Waals surface area contributed by atoms with E-state index in [9.17, 15) is 14.4 Å². The topological polar surface area (TPSA) is 88.1 Å². The van der Waals surface area contributed by atoms with Gasteiger partial charge in [-0.15, -0.1) is 0 Å². The first-order chi connectivity index (χ1) is 12.7. The molecule has 27 heavy (non-hydrogen) atoms. The molecule has 8 heteroatoms. The number of carbonyl (C=O) groups is 3. The lowest BCUT2D eigenvalue weighted by Gasteiger charge is -2.39. The van der Waals surface area contributed by atoms with Gasteiger partial charge in [-0.25, -0.2) is 0 Å². The molecule has 0 aliphatic carbocycles. The number of hydrogen-bond donors (Lipinski definition) is 0. The molecule has 0 saturated carbocycles. The zero-order valence-electron chi connectivity index (χ0n) is 15.8. The predicted octanol–water partition coefficient (Wildman–Crippen LogP) is 2.63. The first kappa shape index (κ1) is 21.2. The van der Waals surface area contributed by atoms with Crippen LogP contribution in [0, 0.1) is 6.92 Å². The van der Waals surface area contributed by atoms with Crippen molar-refractivity contribution in [1.82, 2.24) is 0 Å². The van der Waals surface area contributed by atoms with Crippen LogP contribution in [-0.4, -0.2) is 48.3 Å². The van der Waals surface area contributed by atoms with Crippen LogP contribution in [0.25, 0.3) is 0 Å². The molecular formula is C19H24O7S. The fraction of sp³-hybridized carbons (Fsp3) is 0.526. The molecule has 1 aromatic carbocycles. The Balaban J connectivity index is 2.19. The van der Waals surface area contributed by atoms with Crippen molar-refractivity contribution in [2.45, 2.75) is 62.8 Å². The summed E-state index contributed by atoms with van der Waals surface area (Å²) in [5, 5.41) is 0. The van der Waals surface area contributed by atoms with E-state index in [0.29, 0.717) is 6.42 Å². The lowest BCUT2D eigenvalue weighted by Crippen LogP contribution is -2.53. The van der Waals surface area contributed by atoms with E-state index >= 15 is 0 Å². The van der Waals surface area contributed by atoms with Crippen molar-refractivity contribution in [1.29, 1.82) is 0 Å². The van der Waals surface area contributed by atoms with Gasteiger partial charge < -0.3 is 18.9 Å².